The first-order valence-electron chi connectivity index (χ1n) is 7.94. The van der Waals surface area contributed by atoms with Gasteiger partial charge in [-0.2, -0.15) is 0 Å². The van der Waals surface area contributed by atoms with Crippen molar-refractivity contribution in [2.75, 3.05) is 0 Å². The van der Waals surface area contributed by atoms with Crippen LogP contribution >= 0.6 is 0 Å². The average molecular weight is 293 g/mol. The summed E-state index contributed by atoms with van der Waals surface area (Å²) in [4.78, 5) is 10.6. The zero-order valence-electron chi connectivity index (χ0n) is 12.3. The Labute approximate surface area is 124 Å². The Morgan fingerprint density at radius 3 is 2.95 bits per heavy atom. The molecule has 6 nitrogen and oxygen atoms in total. The van der Waals surface area contributed by atoms with Crippen LogP contribution in [0.15, 0.2) is 6.20 Å². The molecule has 0 aromatic carbocycles. The monoisotopic (exact) mass is 293 g/mol. The lowest BCUT2D eigenvalue weighted by Gasteiger charge is -2.33. The van der Waals surface area contributed by atoms with Gasteiger partial charge in [0.15, 0.2) is 0 Å². The number of hydrogen-bond donors (Lipinski definition) is 1. The van der Waals surface area contributed by atoms with E-state index in [0.29, 0.717) is 6.42 Å². The summed E-state index contributed by atoms with van der Waals surface area (Å²) in [6.45, 7) is 0.724. The number of rotatable bonds is 5. The van der Waals surface area contributed by atoms with Crippen molar-refractivity contribution in [1.82, 2.24) is 15.0 Å². The predicted octanol–water partition coefficient (Wildman–Crippen LogP) is 2.18. The summed E-state index contributed by atoms with van der Waals surface area (Å²) in [6.07, 6.45) is 11.2. The minimum atomic E-state index is -0.803. The lowest BCUT2D eigenvalue weighted by atomic mass is 9.83. The van der Waals surface area contributed by atoms with E-state index in [-0.39, 0.29) is 18.1 Å². The van der Waals surface area contributed by atoms with Crippen molar-refractivity contribution in [3.05, 3.63) is 11.9 Å². The van der Waals surface area contributed by atoms with E-state index in [1.54, 1.807) is 4.68 Å². The second-order valence-electron chi connectivity index (χ2n) is 6.35. The molecule has 1 N–H and O–H groups in total. The van der Waals surface area contributed by atoms with Crippen molar-refractivity contribution >= 4 is 5.97 Å². The fourth-order valence-electron chi connectivity index (χ4n) is 3.57. The molecule has 21 heavy (non-hydrogen) atoms. The number of carbonyl (C=O) groups is 1. The molecular weight excluding hydrogens is 270 g/mol. The van der Waals surface area contributed by atoms with Crippen molar-refractivity contribution in [2.24, 2.45) is 0 Å². The smallest absolute Gasteiger partial charge is 0.303 e. The van der Waals surface area contributed by atoms with Crippen molar-refractivity contribution in [3.63, 3.8) is 0 Å². The van der Waals surface area contributed by atoms with Gasteiger partial charge in [0.2, 0.25) is 0 Å². The van der Waals surface area contributed by atoms with Crippen molar-refractivity contribution in [2.45, 2.75) is 76.0 Å². The Morgan fingerprint density at radius 2 is 2.19 bits per heavy atom. The van der Waals surface area contributed by atoms with Gasteiger partial charge in [0.1, 0.15) is 0 Å². The molecule has 1 unspecified atom stereocenters. The average Bonchev–Trinajstić information content (AvgIpc) is 3.06. The first kappa shape index (κ1) is 14.5. The number of aryl methyl sites for hydroxylation is 1. The van der Waals surface area contributed by atoms with Crippen LogP contribution in [-0.2, 0) is 22.5 Å². The largest absolute Gasteiger partial charge is 0.481 e. The van der Waals surface area contributed by atoms with Crippen molar-refractivity contribution in [1.29, 1.82) is 0 Å². The summed E-state index contributed by atoms with van der Waals surface area (Å²) in [5.74, 6) is -0.803. The molecule has 1 aliphatic carbocycles. The molecule has 0 amide bonds. The Bertz CT molecular complexity index is 494. The maximum Gasteiger partial charge on any atom is 0.303 e. The molecule has 2 fully saturated rings. The van der Waals surface area contributed by atoms with E-state index < -0.39 is 5.97 Å². The Hall–Kier alpha value is -1.43. The highest BCUT2D eigenvalue weighted by atomic mass is 16.5. The second-order valence-corrected chi connectivity index (χ2v) is 6.35. The molecule has 2 aliphatic rings. The maximum atomic E-state index is 10.6. The topological polar surface area (TPSA) is 77.2 Å². The number of ether oxygens (including phenoxy) is 1. The zero-order valence-corrected chi connectivity index (χ0v) is 12.3. The van der Waals surface area contributed by atoms with E-state index in [4.69, 9.17) is 9.84 Å². The summed E-state index contributed by atoms with van der Waals surface area (Å²) < 4.78 is 8.11. The molecule has 1 aliphatic heterocycles. The fraction of sp³-hybridized carbons (Fsp3) is 0.800. The van der Waals surface area contributed by atoms with E-state index in [9.17, 15) is 4.79 Å². The molecule has 0 bridgehead atoms. The van der Waals surface area contributed by atoms with Crippen LogP contribution in [0, 0.1) is 0 Å². The van der Waals surface area contributed by atoms with Gasteiger partial charge < -0.3 is 9.84 Å². The van der Waals surface area contributed by atoms with Crippen LogP contribution in [0.5, 0.6) is 0 Å². The van der Waals surface area contributed by atoms with Gasteiger partial charge in [0.25, 0.3) is 0 Å². The van der Waals surface area contributed by atoms with Crippen LogP contribution in [0.1, 0.15) is 57.1 Å². The first-order chi connectivity index (χ1) is 10.2. The van der Waals surface area contributed by atoms with E-state index >= 15 is 0 Å². The van der Waals surface area contributed by atoms with E-state index in [1.165, 1.54) is 32.1 Å². The van der Waals surface area contributed by atoms with Gasteiger partial charge in [0.05, 0.1) is 30.4 Å². The molecule has 2 heterocycles. The molecule has 1 saturated heterocycles. The normalized spacial score (nSPS) is 24.5. The number of carboxylic acids is 1. The van der Waals surface area contributed by atoms with Crippen LogP contribution in [0.3, 0.4) is 0 Å². The van der Waals surface area contributed by atoms with Gasteiger partial charge in [-0.05, 0) is 25.7 Å². The highest BCUT2D eigenvalue weighted by Gasteiger charge is 2.40. The Balaban J connectivity index is 1.52. The third-order valence-corrected chi connectivity index (χ3v) is 4.68. The zero-order chi connectivity index (χ0) is 14.7. The van der Waals surface area contributed by atoms with Gasteiger partial charge in [0, 0.05) is 12.6 Å². The SMILES string of the molecule is O=C(O)CCc1cn(CC2CCC3(CCCCC3)O2)nn1. The van der Waals surface area contributed by atoms with Gasteiger partial charge >= 0.3 is 5.97 Å². The van der Waals surface area contributed by atoms with E-state index in [1.807, 2.05) is 6.20 Å². The lowest BCUT2D eigenvalue weighted by molar-refractivity contribution is -0.136. The molecule has 3 rings (SSSR count). The third kappa shape index (κ3) is 3.61. The van der Waals surface area contributed by atoms with Gasteiger partial charge in [-0.3, -0.25) is 4.79 Å². The highest BCUT2D eigenvalue weighted by molar-refractivity contribution is 5.66. The Kier molecular flexibility index (Phi) is 4.24. The second kappa shape index (κ2) is 6.13. The molecule has 1 spiro atoms. The van der Waals surface area contributed by atoms with Crippen LogP contribution in [0.4, 0.5) is 0 Å². The van der Waals surface area contributed by atoms with Gasteiger partial charge in [-0.15, -0.1) is 5.10 Å². The van der Waals surface area contributed by atoms with Crippen LogP contribution in [-0.4, -0.2) is 37.8 Å². The maximum absolute atomic E-state index is 10.6. The number of aliphatic carboxylic acids is 1. The minimum absolute atomic E-state index is 0.0989. The highest BCUT2D eigenvalue weighted by Crippen LogP contribution is 2.42. The summed E-state index contributed by atoms with van der Waals surface area (Å²) >= 11 is 0. The molecule has 1 saturated carbocycles. The molecule has 1 aromatic rings. The molecular formula is C15H23N3O3. The van der Waals surface area contributed by atoms with Crippen LogP contribution in [0.2, 0.25) is 0 Å². The molecule has 0 radical (unpaired) electrons. The fourth-order valence-corrected chi connectivity index (χ4v) is 3.57. The number of aromatic nitrogens is 3. The summed E-state index contributed by atoms with van der Waals surface area (Å²) in [6, 6.07) is 0. The van der Waals surface area contributed by atoms with Gasteiger partial charge in [-0.1, -0.05) is 24.5 Å². The Morgan fingerprint density at radius 1 is 1.38 bits per heavy atom. The quantitative estimate of drug-likeness (QED) is 0.900. The number of carboxylic acid groups (broad SMARTS) is 1. The molecule has 1 atom stereocenters. The van der Waals surface area contributed by atoms with Crippen molar-refractivity contribution in [3.8, 4) is 0 Å². The predicted molar refractivity (Wildman–Crippen MR) is 75.9 cm³/mol. The summed E-state index contributed by atoms with van der Waals surface area (Å²) in [7, 11) is 0. The minimum Gasteiger partial charge on any atom is -0.481 e. The molecule has 116 valence electrons. The standard InChI is InChI=1S/C15H23N3O3/c19-14(20)5-4-12-10-18(17-16-12)11-13-6-9-15(21-13)7-2-1-3-8-15/h10,13H,1-9,11H2,(H,19,20). The summed E-state index contributed by atoms with van der Waals surface area (Å²) in [5, 5.41) is 16.8. The summed E-state index contributed by atoms with van der Waals surface area (Å²) in [5.41, 5.74) is 0.873. The van der Waals surface area contributed by atoms with Crippen LogP contribution in [0.25, 0.3) is 0 Å². The first-order valence-corrected chi connectivity index (χ1v) is 7.94. The van der Waals surface area contributed by atoms with Crippen molar-refractivity contribution < 1.29 is 14.6 Å². The molecule has 6 heteroatoms. The van der Waals surface area contributed by atoms with Crippen LogP contribution < -0.4 is 0 Å². The van der Waals surface area contributed by atoms with Gasteiger partial charge in [-0.25, -0.2) is 4.68 Å². The third-order valence-electron chi connectivity index (χ3n) is 4.68. The number of nitrogens with zero attached hydrogens (tertiary/aromatic N) is 3. The lowest BCUT2D eigenvalue weighted by Crippen LogP contribution is -2.32. The number of hydrogen-bond acceptors (Lipinski definition) is 4. The van der Waals surface area contributed by atoms with E-state index in [0.717, 1.165) is 25.1 Å². The van der Waals surface area contributed by atoms with E-state index in [2.05, 4.69) is 10.3 Å². The molecule has 1 aromatic heterocycles.